The zero-order chi connectivity index (χ0) is 24.7. The Kier molecular flexibility index (Phi) is 14.3. The molecule has 0 aromatic rings. The summed E-state index contributed by atoms with van der Waals surface area (Å²) in [7, 11) is 0. The van der Waals surface area contributed by atoms with E-state index < -0.39 is 54.5 Å². The van der Waals surface area contributed by atoms with Gasteiger partial charge >= 0.3 is 5.97 Å². The van der Waals surface area contributed by atoms with Crippen LogP contribution in [0.2, 0.25) is 0 Å². The maximum atomic E-state index is 12.8. The van der Waals surface area contributed by atoms with Gasteiger partial charge in [0.05, 0.1) is 6.61 Å². The van der Waals surface area contributed by atoms with Gasteiger partial charge in [-0.15, -0.1) is 0 Å². The number of carbonyl (C=O) groups is 4. The number of carbonyl (C=O) groups excluding carboxylic acids is 3. The lowest BCUT2D eigenvalue weighted by molar-refractivity contribution is -0.141. The van der Waals surface area contributed by atoms with E-state index in [1.807, 2.05) is 0 Å². The highest BCUT2D eigenvalue weighted by Crippen LogP contribution is 2.05. The van der Waals surface area contributed by atoms with Crippen LogP contribution in [-0.2, 0) is 19.2 Å². The van der Waals surface area contributed by atoms with E-state index in [-0.39, 0.29) is 25.3 Å². The molecule has 0 aromatic heterocycles. The molecular formula is C18H36N8O6. The first kappa shape index (κ1) is 29.0. The number of hydrogen-bond donors (Lipinski definition) is 9. The van der Waals surface area contributed by atoms with Crippen molar-refractivity contribution in [3.05, 3.63) is 0 Å². The van der Waals surface area contributed by atoms with E-state index in [0.29, 0.717) is 25.8 Å². The number of nitrogens with zero attached hydrogens (tertiary/aromatic N) is 1. The first-order chi connectivity index (χ1) is 15.0. The molecule has 0 fully saturated rings. The van der Waals surface area contributed by atoms with Crippen LogP contribution in [0.3, 0.4) is 0 Å². The zero-order valence-corrected chi connectivity index (χ0v) is 18.3. The molecule has 13 N–H and O–H groups in total. The summed E-state index contributed by atoms with van der Waals surface area (Å²) in [5.74, 6) is -3.46. The number of carboxylic acid groups (broad SMARTS) is 1. The third kappa shape index (κ3) is 12.0. The second-order valence-electron chi connectivity index (χ2n) is 7.21. The average Bonchev–Trinajstić information content (AvgIpc) is 2.73. The lowest BCUT2D eigenvalue weighted by Crippen LogP contribution is -2.57. The van der Waals surface area contributed by atoms with Gasteiger partial charge < -0.3 is 49.1 Å². The normalized spacial score (nSPS) is 14.4. The Labute approximate surface area is 186 Å². The van der Waals surface area contributed by atoms with Crippen LogP contribution in [0.1, 0.15) is 39.0 Å². The molecule has 0 aliphatic carbocycles. The Balaban J connectivity index is 5.36. The molecule has 14 nitrogen and oxygen atoms in total. The maximum absolute atomic E-state index is 12.8. The summed E-state index contributed by atoms with van der Waals surface area (Å²) in [5, 5.41) is 25.4. The summed E-state index contributed by atoms with van der Waals surface area (Å²) < 4.78 is 0. The summed E-state index contributed by atoms with van der Waals surface area (Å²) in [4.78, 5) is 52.3. The van der Waals surface area contributed by atoms with Crippen molar-refractivity contribution in [3.8, 4) is 0 Å². The minimum absolute atomic E-state index is 0.120. The van der Waals surface area contributed by atoms with E-state index in [1.165, 1.54) is 6.92 Å². The van der Waals surface area contributed by atoms with Crippen molar-refractivity contribution < 1.29 is 29.4 Å². The van der Waals surface area contributed by atoms with E-state index >= 15 is 0 Å². The van der Waals surface area contributed by atoms with Crippen molar-refractivity contribution in [2.45, 2.75) is 63.2 Å². The van der Waals surface area contributed by atoms with E-state index in [2.05, 4.69) is 20.9 Å². The molecule has 4 unspecified atom stereocenters. The molecule has 0 spiro atoms. The second kappa shape index (κ2) is 15.8. The van der Waals surface area contributed by atoms with Crippen molar-refractivity contribution in [1.29, 1.82) is 0 Å². The third-order valence-electron chi connectivity index (χ3n) is 4.42. The number of rotatable bonds is 16. The molecular weight excluding hydrogens is 424 g/mol. The number of amides is 3. The maximum Gasteiger partial charge on any atom is 0.325 e. The number of hydrogen-bond acceptors (Lipinski definition) is 8. The first-order valence-corrected chi connectivity index (χ1v) is 10.3. The van der Waals surface area contributed by atoms with Gasteiger partial charge in [0.25, 0.3) is 0 Å². The van der Waals surface area contributed by atoms with Crippen LogP contribution < -0.4 is 38.9 Å². The minimum Gasteiger partial charge on any atom is -0.480 e. The van der Waals surface area contributed by atoms with Crippen LogP contribution in [0, 0.1) is 0 Å². The summed E-state index contributed by atoms with van der Waals surface area (Å²) in [6, 6.07) is -4.52. The van der Waals surface area contributed by atoms with Gasteiger partial charge in [-0.2, -0.15) is 0 Å². The van der Waals surface area contributed by atoms with E-state index in [1.54, 1.807) is 0 Å². The highest BCUT2D eigenvalue weighted by molar-refractivity contribution is 5.94. The number of aliphatic hydroxyl groups excluding tert-OH is 1. The van der Waals surface area contributed by atoms with E-state index in [0.717, 1.165) is 0 Å². The molecule has 0 aliphatic rings. The molecule has 3 amide bonds. The van der Waals surface area contributed by atoms with Gasteiger partial charge in [0.2, 0.25) is 17.7 Å². The van der Waals surface area contributed by atoms with E-state index in [9.17, 15) is 19.2 Å². The van der Waals surface area contributed by atoms with Gasteiger partial charge in [-0.1, -0.05) is 0 Å². The van der Waals surface area contributed by atoms with Crippen molar-refractivity contribution in [1.82, 2.24) is 16.0 Å². The standard InChI is InChI=1S/C18H36N8O6/c1-10(17(31)32)24-15(29)12(5-2-3-7-19)26-16(30)13(6-4-8-23-18(21)22)25-14(28)11(20)9-27/h10-13,27H,2-9,19-20H2,1H3,(H,24,29)(H,25,28)(H,26,30)(H,31,32)(H4,21,22,23). The van der Waals surface area contributed by atoms with Crippen molar-refractivity contribution in [2.24, 2.45) is 27.9 Å². The van der Waals surface area contributed by atoms with Gasteiger partial charge in [0.1, 0.15) is 24.2 Å². The predicted molar refractivity (Wildman–Crippen MR) is 117 cm³/mol. The minimum atomic E-state index is -1.23. The quantitative estimate of drug-likeness (QED) is 0.0612. The largest absolute Gasteiger partial charge is 0.480 e. The third-order valence-corrected chi connectivity index (χ3v) is 4.42. The summed E-state index contributed by atoms with van der Waals surface area (Å²) >= 11 is 0. The first-order valence-electron chi connectivity index (χ1n) is 10.3. The van der Waals surface area contributed by atoms with Crippen molar-refractivity contribution in [3.63, 3.8) is 0 Å². The lowest BCUT2D eigenvalue weighted by atomic mass is 10.1. The van der Waals surface area contributed by atoms with Crippen LogP contribution in [-0.4, -0.2) is 83.7 Å². The summed E-state index contributed by atoms with van der Waals surface area (Å²) in [5.41, 5.74) is 21.5. The lowest BCUT2D eigenvalue weighted by Gasteiger charge is -2.24. The Morgan fingerprint density at radius 3 is 1.94 bits per heavy atom. The van der Waals surface area contributed by atoms with Gasteiger partial charge in [-0.25, -0.2) is 0 Å². The molecule has 0 aliphatic heterocycles. The molecule has 4 atom stereocenters. The molecule has 184 valence electrons. The molecule has 0 heterocycles. The number of nitrogens with two attached hydrogens (primary N) is 4. The van der Waals surface area contributed by atoms with Crippen LogP contribution in [0.5, 0.6) is 0 Å². The van der Waals surface area contributed by atoms with E-state index in [4.69, 9.17) is 33.1 Å². The number of aliphatic carboxylic acids is 1. The van der Waals surface area contributed by atoms with Crippen LogP contribution in [0.4, 0.5) is 0 Å². The molecule has 0 rings (SSSR count). The van der Waals surface area contributed by atoms with Gasteiger partial charge in [0.15, 0.2) is 5.96 Å². The Hall–Kier alpha value is -2.97. The van der Waals surface area contributed by atoms with Gasteiger partial charge in [-0.3, -0.25) is 24.2 Å². The predicted octanol–water partition coefficient (Wildman–Crippen LogP) is -3.95. The van der Waals surface area contributed by atoms with Crippen LogP contribution in [0.25, 0.3) is 0 Å². The Morgan fingerprint density at radius 2 is 1.44 bits per heavy atom. The molecule has 0 radical (unpaired) electrons. The molecule has 0 saturated heterocycles. The SMILES string of the molecule is CC(NC(=O)C(CCCCN)NC(=O)C(CCCN=C(N)N)NC(=O)C(N)CO)C(=O)O. The smallest absolute Gasteiger partial charge is 0.325 e. The number of guanidine groups is 1. The molecule has 0 bridgehead atoms. The van der Waals surface area contributed by atoms with Gasteiger partial charge in [0, 0.05) is 6.54 Å². The number of unbranched alkanes of at least 4 members (excludes halogenated alkanes) is 1. The highest BCUT2D eigenvalue weighted by Gasteiger charge is 2.28. The zero-order valence-electron chi connectivity index (χ0n) is 18.3. The fourth-order valence-corrected chi connectivity index (χ4v) is 2.54. The summed E-state index contributed by atoms with van der Waals surface area (Å²) in [6.45, 7) is 1.26. The number of aliphatic imine (C=N–C) groups is 1. The van der Waals surface area contributed by atoms with Crippen molar-refractivity contribution >= 4 is 29.7 Å². The monoisotopic (exact) mass is 460 g/mol. The van der Waals surface area contributed by atoms with Gasteiger partial charge in [-0.05, 0) is 45.6 Å². The number of carboxylic acids is 1. The highest BCUT2D eigenvalue weighted by atomic mass is 16.4. The van der Waals surface area contributed by atoms with Crippen molar-refractivity contribution in [2.75, 3.05) is 19.7 Å². The molecule has 0 aromatic carbocycles. The topological polar surface area (TPSA) is 261 Å². The molecule has 0 saturated carbocycles. The Bertz CT molecular complexity index is 655. The number of nitrogens with one attached hydrogen (secondary N) is 3. The molecule has 32 heavy (non-hydrogen) atoms. The second-order valence-corrected chi connectivity index (χ2v) is 7.21. The fourth-order valence-electron chi connectivity index (χ4n) is 2.54. The van der Waals surface area contributed by atoms with Crippen LogP contribution >= 0.6 is 0 Å². The van der Waals surface area contributed by atoms with Crippen LogP contribution in [0.15, 0.2) is 4.99 Å². The average molecular weight is 461 g/mol. The fraction of sp³-hybridized carbons (Fsp3) is 0.722. The summed E-state index contributed by atoms with van der Waals surface area (Å²) in [6.07, 6.45) is 1.76. The number of aliphatic hydroxyl groups is 1. The Morgan fingerprint density at radius 1 is 0.906 bits per heavy atom. The molecule has 14 heteroatoms.